The summed E-state index contributed by atoms with van der Waals surface area (Å²) in [7, 11) is 1.86. The minimum absolute atomic E-state index is 0.868. The summed E-state index contributed by atoms with van der Waals surface area (Å²) in [6.07, 6.45) is 2.31. The molecule has 0 saturated heterocycles. The number of hydrogen-bond acceptors (Lipinski definition) is 6. The molecule has 0 spiro atoms. The van der Waals surface area contributed by atoms with Crippen LogP contribution in [0.2, 0.25) is 0 Å². The van der Waals surface area contributed by atoms with Crippen molar-refractivity contribution in [2.75, 3.05) is 17.2 Å². The second-order valence-corrected chi connectivity index (χ2v) is 6.23. The van der Waals surface area contributed by atoms with Gasteiger partial charge in [-0.25, -0.2) is 4.68 Å². The number of tetrazole rings is 1. The third-order valence-electron chi connectivity index (χ3n) is 2.53. The highest BCUT2D eigenvalue weighted by Gasteiger charge is 2.02. The zero-order chi connectivity index (χ0) is 13.5. The number of benzene rings is 1. The van der Waals surface area contributed by atoms with Crippen molar-refractivity contribution in [1.82, 2.24) is 20.2 Å². The standard InChI is InChI=1S/C12H17N5S2/c1-17-12(14-15-16-17)19-9-5-4-8-18-11-7-3-2-6-10(11)13/h2-3,6-7H,4-5,8-9,13H2,1H3. The van der Waals surface area contributed by atoms with Gasteiger partial charge in [-0.3, -0.25) is 0 Å². The first-order valence-electron chi connectivity index (χ1n) is 6.10. The van der Waals surface area contributed by atoms with Crippen LogP contribution in [0.4, 0.5) is 5.69 Å². The summed E-state index contributed by atoms with van der Waals surface area (Å²) in [4.78, 5) is 1.17. The Kier molecular flexibility index (Phi) is 5.53. The van der Waals surface area contributed by atoms with E-state index in [2.05, 4.69) is 21.6 Å². The van der Waals surface area contributed by atoms with Gasteiger partial charge in [-0.05, 0) is 41.2 Å². The summed E-state index contributed by atoms with van der Waals surface area (Å²) < 4.78 is 1.70. The van der Waals surface area contributed by atoms with E-state index in [1.54, 1.807) is 16.4 Å². The molecule has 0 amide bonds. The Morgan fingerprint density at radius 3 is 2.58 bits per heavy atom. The smallest absolute Gasteiger partial charge is 0.209 e. The zero-order valence-electron chi connectivity index (χ0n) is 10.8. The molecule has 1 heterocycles. The zero-order valence-corrected chi connectivity index (χ0v) is 12.5. The average Bonchev–Trinajstić information content (AvgIpc) is 2.81. The second kappa shape index (κ2) is 7.40. The molecule has 0 saturated carbocycles. The molecule has 0 aliphatic heterocycles. The molecule has 0 aliphatic carbocycles. The predicted octanol–water partition coefficient (Wildman–Crippen LogP) is 2.46. The Morgan fingerprint density at radius 1 is 1.16 bits per heavy atom. The van der Waals surface area contributed by atoms with Gasteiger partial charge < -0.3 is 5.73 Å². The number of nitrogens with zero attached hydrogens (tertiary/aromatic N) is 4. The Hall–Kier alpha value is -1.21. The second-order valence-electron chi connectivity index (χ2n) is 4.03. The normalized spacial score (nSPS) is 10.8. The molecule has 0 bridgehead atoms. The lowest BCUT2D eigenvalue weighted by Gasteiger charge is -2.04. The minimum Gasteiger partial charge on any atom is -0.398 e. The van der Waals surface area contributed by atoms with Crippen LogP contribution in [0.15, 0.2) is 34.3 Å². The van der Waals surface area contributed by atoms with Crippen LogP contribution >= 0.6 is 23.5 Å². The molecule has 0 unspecified atom stereocenters. The predicted molar refractivity (Wildman–Crippen MR) is 80.3 cm³/mol. The SMILES string of the molecule is Cn1nnnc1SCCCCSc1ccccc1N. The third kappa shape index (κ3) is 4.43. The first-order valence-corrected chi connectivity index (χ1v) is 8.07. The van der Waals surface area contributed by atoms with Gasteiger partial charge >= 0.3 is 0 Å². The van der Waals surface area contributed by atoms with Gasteiger partial charge in [0, 0.05) is 23.4 Å². The number of aryl methyl sites for hydroxylation is 1. The molecule has 2 rings (SSSR count). The first-order chi connectivity index (χ1) is 9.27. The maximum Gasteiger partial charge on any atom is 0.209 e. The highest BCUT2D eigenvalue weighted by atomic mass is 32.2. The lowest BCUT2D eigenvalue weighted by atomic mass is 10.3. The van der Waals surface area contributed by atoms with Gasteiger partial charge in [0.1, 0.15) is 0 Å². The van der Waals surface area contributed by atoms with Gasteiger partial charge in [0.05, 0.1) is 0 Å². The molecular formula is C12H17N5S2. The van der Waals surface area contributed by atoms with Crippen molar-refractivity contribution in [3.63, 3.8) is 0 Å². The summed E-state index contributed by atoms with van der Waals surface area (Å²) in [5, 5.41) is 12.2. The summed E-state index contributed by atoms with van der Waals surface area (Å²) in [5.74, 6) is 2.13. The quantitative estimate of drug-likeness (QED) is 0.481. The minimum atomic E-state index is 0.868. The highest BCUT2D eigenvalue weighted by molar-refractivity contribution is 7.99. The molecule has 0 fully saturated rings. The molecule has 7 heteroatoms. The van der Waals surface area contributed by atoms with Crippen LogP contribution in [-0.2, 0) is 7.05 Å². The van der Waals surface area contributed by atoms with Crippen LogP contribution in [-0.4, -0.2) is 31.7 Å². The molecule has 1 aromatic heterocycles. The van der Waals surface area contributed by atoms with Crippen LogP contribution in [0, 0.1) is 0 Å². The van der Waals surface area contributed by atoms with Gasteiger partial charge in [-0.1, -0.05) is 23.9 Å². The van der Waals surface area contributed by atoms with Gasteiger partial charge in [0.25, 0.3) is 0 Å². The summed E-state index contributed by atoms with van der Waals surface area (Å²) in [5.41, 5.74) is 6.76. The van der Waals surface area contributed by atoms with Crippen LogP contribution in [0.3, 0.4) is 0 Å². The molecule has 1 aromatic carbocycles. The fraction of sp³-hybridized carbons (Fsp3) is 0.417. The van der Waals surface area contributed by atoms with Crippen molar-refractivity contribution in [3.05, 3.63) is 24.3 Å². The number of aromatic nitrogens is 4. The van der Waals surface area contributed by atoms with Crippen molar-refractivity contribution in [2.24, 2.45) is 7.05 Å². The lowest BCUT2D eigenvalue weighted by molar-refractivity contribution is 0.664. The van der Waals surface area contributed by atoms with E-state index >= 15 is 0 Å². The molecule has 19 heavy (non-hydrogen) atoms. The van der Waals surface area contributed by atoms with Crippen LogP contribution < -0.4 is 5.73 Å². The number of hydrogen-bond donors (Lipinski definition) is 1. The van der Waals surface area contributed by atoms with Gasteiger partial charge in [0.15, 0.2) is 0 Å². The molecule has 0 aliphatic rings. The molecular weight excluding hydrogens is 278 g/mol. The van der Waals surface area contributed by atoms with E-state index in [9.17, 15) is 0 Å². The Balaban J connectivity index is 1.60. The number of rotatable bonds is 7. The van der Waals surface area contributed by atoms with Crippen molar-refractivity contribution in [3.8, 4) is 0 Å². The maximum atomic E-state index is 5.89. The third-order valence-corrected chi connectivity index (χ3v) is 4.80. The first kappa shape index (κ1) is 14.2. The highest BCUT2D eigenvalue weighted by Crippen LogP contribution is 2.25. The van der Waals surface area contributed by atoms with Crippen LogP contribution in [0.1, 0.15) is 12.8 Å². The van der Waals surface area contributed by atoms with Crippen molar-refractivity contribution < 1.29 is 0 Å². The van der Waals surface area contributed by atoms with Crippen LogP contribution in [0.5, 0.6) is 0 Å². The number of nitrogen functional groups attached to an aromatic ring is 1. The van der Waals surface area contributed by atoms with E-state index in [1.165, 1.54) is 4.90 Å². The Morgan fingerprint density at radius 2 is 1.89 bits per heavy atom. The van der Waals surface area contributed by atoms with E-state index in [1.807, 2.05) is 37.0 Å². The monoisotopic (exact) mass is 295 g/mol. The van der Waals surface area contributed by atoms with E-state index in [0.29, 0.717) is 0 Å². The molecule has 5 nitrogen and oxygen atoms in total. The molecule has 2 aromatic rings. The summed E-state index contributed by atoms with van der Waals surface area (Å²) in [6, 6.07) is 8.00. The number of thioether (sulfide) groups is 2. The van der Waals surface area contributed by atoms with Crippen molar-refractivity contribution in [2.45, 2.75) is 22.9 Å². The summed E-state index contributed by atoms with van der Waals surface area (Å²) in [6.45, 7) is 0. The lowest BCUT2D eigenvalue weighted by Crippen LogP contribution is -1.94. The van der Waals surface area contributed by atoms with E-state index in [-0.39, 0.29) is 0 Å². The fourth-order valence-electron chi connectivity index (χ4n) is 1.51. The molecule has 2 N–H and O–H groups in total. The molecule has 0 atom stereocenters. The number of para-hydroxylation sites is 1. The maximum absolute atomic E-state index is 5.89. The Labute approximate surface area is 121 Å². The van der Waals surface area contributed by atoms with Crippen molar-refractivity contribution >= 4 is 29.2 Å². The van der Waals surface area contributed by atoms with Gasteiger partial charge in [0.2, 0.25) is 5.16 Å². The fourth-order valence-corrected chi connectivity index (χ4v) is 3.33. The number of anilines is 1. The van der Waals surface area contributed by atoms with Gasteiger partial charge in [-0.2, -0.15) is 0 Å². The average molecular weight is 295 g/mol. The molecule has 0 radical (unpaired) electrons. The largest absolute Gasteiger partial charge is 0.398 e. The van der Waals surface area contributed by atoms with Gasteiger partial charge in [-0.15, -0.1) is 16.9 Å². The summed E-state index contributed by atoms with van der Waals surface area (Å²) >= 11 is 3.51. The number of unbranched alkanes of at least 4 members (excludes halogenated alkanes) is 1. The number of nitrogens with two attached hydrogens (primary N) is 1. The Bertz CT molecular complexity index is 514. The topological polar surface area (TPSA) is 69.6 Å². The van der Waals surface area contributed by atoms with E-state index < -0.39 is 0 Å². The van der Waals surface area contributed by atoms with Crippen molar-refractivity contribution in [1.29, 1.82) is 0 Å². The van der Waals surface area contributed by atoms with Crippen LogP contribution in [0.25, 0.3) is 0 Å². The molecule has 102 valence electrons. The van der Waals surface area contributed by atoms with E-state index in [4.69, 9.17) is 5.73 Å². The van der Waals surface area contributed by atoms with E-state index in [0.717, 1.165) is 35.2 Å².